The third kappa shape index (κ3) is 3.86. The Balaban J connectivity index is 1.61. The first kappa shape index (κ1) is 14.6. The molecule has 1 N–H and O–H groups in total. The van der Waals surface area contributed by atoms with Crippen molar-refractivity contribution in [1.82, 2.24) is 0 Å². The van der Waals surface area contributed by atoms with Crippen molar-refractivity contribution in [2.24, 2.45) is 0 Å². The van der Waals surface area contributed by atoms with Gasteiger partial charge >= 0.3 is 0 Å². The zero-order valence-corrected chi connectivity index (χ0v) is 13.0. The smallest absolute Gasteiger partial charge is 0.0873 e. The molecule has 0 atom stereocenters. The third-order valence-electron chi connectivity index (χ3n) is 3.43. The van der Waals surface area contributed by atoms with Gasteiger partial charge in [0.2, 0.25) is 0 Å². The number of thioether (sulfide) groups is 1. The molecule has 0 amide bonds. The van der Waals surface area contributed by atoms with Gasteiger partial charge in [-0.25, -0.2) is 0 Å². The van der Waals surface area contributed by atoms with Crippen LogP contribution in [0.3, 0.4) is 0 Å². The van der Waals surface area contributed by atoms with Crippen LogP contribution in [0.1, 0.15) is 11.1 Å². The highest BCUT2D eigenvalue weighted by atomic mass is 32.2. The number of hydrogen-bond donors (Lipinski definition) is 1. The average Bonchev–Trinajstić information content (AvgIpc) is 2.59. The maximum absolute atomic E-state index is 8.03. The molecule has 108 valence electrons. The number of hydrogen-bond acceptors (Lipinski definition) is 2. The van der Waals surface area contributed by atoms with Gasteiger partial charge in [-0.2, -0.15) is 0 Å². The van der Waals surface area contributed by atoms with Crippen LogP contribution in [0.5, 0.6) is 0 Å². The van der Waals surface area contributed by atoms with E-state index in [1.165, 1.54) is 16.3 Å². The van der Waals surface area contributed by atoms with Crippen molar-refractivity contribution in [3.63, 3.8) is 0 Å². The summed E-state index contributed by atoms with van der Waals surface area (Å²) >= 11 is 1.55. The van der Waals surface area contributed by atoms with E-state index in [0.717, 1.165) is 11.3 Å². The minimum atomic E-state index is 0.581. The molecule has 0 spiro atoms. The van der Waals surface area contributed by atoms with E-state index < -0.39 is 0 Å². The highest BCUT2D eigenvalue weighted by Crippen LogP contribution is 2.20. The molecule has 0 radical (unpaired) electrons. The van der Waals surface area contributed by atoms with Crippen molar-refractivity contribution in [2.45, 2.75) is 5.75 Å². The molecular formula is C20H17NS. The van der Waals surface area contributed by atoms with Gasteiger partial charge in [0.15, 0.2) is 0 Å². The Bertz CT molecular complexity index is 806. The lowest BCUT2D eigenvalue weighted by Crippen LogP contribution is -1.87. The van der Waals surface area contributed by atoms with E-state index in [1.807, 2.05) is 42.5 Å². The first-order chi connectivity index (χ1) is 10.8. The predicted octanol–water partition coefficient (Wildman–Crippen LogP) is 5.76. The predicted molar refractivity (Wildman–Crippen MR) is 98.4 cm³/mol. The van der Waals surface area contributed by atoms with Crippen molar-refractivity contribution >= 4 is 33.7 Å². The Morgan fingerprint density at radius 3 is 2.41 bits per heavy atom. The maximum Gasteiger partial charge on any atom is 0.0873 e. The lowest BCUT2D eigenvalue weighted by molar-refractivity contribution is 1.44. The fraction of sp³-hybridized carbons (Fsp3) is 0.0500. The van der Waals surface area contributed by atoms with Crippen molar-refractivity contribution in [3.8, 4) is 0 Å². The number of benzene rings is 3. The van der Waals surface area contributed by atoms with E-state index in [0.29, 0.717) is 5.04 Å². The fourth-order valence-corrected chi connectivity index (χ4v) is 2.94. The van der Waals surface area contributed by atoms with Crippen LogP contribution in [0.15, 0.2) is 78.9 Å². The van der Waals surface area contributed by atoms with E-state index in [9.17, 15) is 0 Å². The van der Waals surface area contributed by atoms with E-state index in [-0.39, 0.29) is 0 Å². The van der Waals surface area contributed by atoms with Crippen LogP contribution in [0.25, 0.3) is 16.8 Å². The first-order valence-electron chi connectivity index (χ1n) is 7.23. The molecule has 3 aromatic rings. The van der Waals surface area contributed by atoms with E-state index >= 15 is 0 Å². The average molecular weight is 303 g/mol. The molecule has 0 saturated carbocycles. The minimum absolute atomic E-state index is 0.581. The van der Waals surface area contributed by atoms with Gasteiger partial charge in [-0.05, 0) is 28.0 Å². The van der Waals surface area contributed by atoms with Gasteiger partial charge in [0.25, 0.3) is 0 Å². The molecule has 0 heterocycles. The van der Waals surface area contributed by atoms with Gasteiger partial charge in [-0.15, -0.1) is 11.8 Å². The Labute approximate surface area is 135 Å². The summed E-state index contributed by atoms with van der Waals surface area (Å²) in [7, 11) is 0. The molecule has 0 aliphatic heterocycles. The fourth-order valence-electron chi connectivity index (χ4n) is 2.27. The van der Waals surface area contributed by atoms with Crippen molar-refractivity contribution < 1.29 is 0 Å². The summed E-state index contributed by atoms with van der Waals surface area (Å²) in [6, 6.07) is 24.9. The Hall–Kier alpha value is -2.32. The van der Waals surface area contributed by atoms with E-state index in [2.05, 4.69) is 42.5 Å². The molecule has 0 unspecified atom stereocenters. The minimum Gasteiger partial charge on any atom is -0.294 e. The van der Waals surface area contributed by atoms with Gasteiger partial charge in [0.1, 0.15) is 0 Å². The zero-order chi connectivity index (χ0) is 15.2. The lowest BCUT2D eigenvalue weighted by atomic mass is 10.1. The van der Waals surface area contributed by atoms with Crippen molar-refractivity contribution in [1.29, 1.82) is 5.41 Å². The van der Waals surface area contributed by atoms with Crippen LogP contribution in [0.4, 0.5) is 0 Å². The Kier molecular flexibility index (Phi) is 4.71. The van der Waals surface area contributed by atoms with Crippen LogP contribution >= 0.6 is 11.8 Å². The number of nitrogens with one attached hydrogen (secondary N) is 1. The highest BCUT2D eigenvalue weighted by molar-refractivity contribution is 8.13. The molecule has 0 bridgehead atoms. The quantitative estimate of drug-likeness (QED) is 0.480. The largest absolute Gasteiger partial charge is 0.294 e. The molecule has 0 fully saturated rings. The molecule has 3 aromatic carbocycles. The number of fused-ring (bicyclic) bond motifs is 1. The second kappa shape index (κ2) is 7.10. The molecule has 3 rings (SSSR count). The maximum atomic E-state index is 8.03. The summed E-state index contributed by atoms with van der Waals surface area (Å²) in [6.45, 7) is 0. The van der Waals surface area contributed by atoms with Crippen LogP contribution in [-0.4, -0.2) is 5.04 Å². The first-order valence-corrected chi connectivity index (χ1v) is 8.22. The van der Waals surface area contributed by atoms with Gasteiger partial charge in [0.05, 0.1) is 5.04 Å². The van der Waals surface area contributed by atoms with Crippen LogP contribution < -0.4 is 0 Å². The molecule has 22 heavy (non-hydrogen) atoms. The van der Waals surface area contributed by atoms with Crippen LogP contribution in [0.2, 0.25) is 0 Å². The van der Waals surface area contributed by atoms with Gasteiger partial charge in [-0.3, -0.25) is 5.41 Å². The normalized spacial score (nSPS) is 11.1. The van der Waals surface area contributed by atoms with E-state index in [1.54, 1.807) is 11.8 Å². The van der Waals surface area contributed by atoms with Crippen LogP contribution in [0, 0.1) is 5.41 Å². The van der Waals surface area contributed by atoms with Crippen molar-refractivity contribution in [3.05, 3.63) is 90.0 Å². The summed E-state index contributed by atoms with van der Waals surface area (Å²) in [5, 5.41) is 11.1. The third-order valence-corrected chi connectivity index (χ3v) is 4.36. The van der Waals surface area contributed by atoms with Gasteiger partial charge in [0, 0.05) is 5.75 Å². The zero-order valence-electron chi connectivity index (χ0n) is 12.2. The Morgan fingerprint density at radius 2 is 1.59 bits per heavy atom. The standard InChI is InChI=1S/C20H17NS/c21-20(13-11-16-6-2-1-3-7-16)22-15-17-10-12-18-8-4-5-9-19(18)14-17/h1-14,21H,15H2. The Morgan fingerprint density at radius 1 is 0.864 bits per heavy atom. The van der Waals surface area contributed by atoms with Gasteiger partial charge < -0.3 is 0 Å². The monoisotopic (exact) mass is 303 g/mol. The van der Waals surface area contributed by atoms with Crippen molar-refractivity contribution in [2.75, 3.05) is 0 Å². The summed E-state index contributed by atoms with van der Waals surface area (Å²) in [6.07, 6.45) is 3.84. The molecule has 0 aliphatic carbocycles. The second-order valence-corrected chi connectivity index (χ2v) is 6.10. The molecule has 1 nitrogen and oxygen atoms in total. The second-order valence-electron chi connectivity index (χ2n) is 5.08. The van der Waals surface area contributed by atoms with Crippen LogP contribution in [-0.2, 0) is 5.75 Å². The van der Waals surface area contributed by atoms with Gasteiger partial charge in [-0.1, -0.05) is 78.9 Å². The molecule has 2 heteroatoms. The highest BCUT2D eigenvalue weighted by Gasteiger charge is 1.99. The van der Waals surface area contributed by atoms with E-state index in [4.69, 9.17) is 5.41 Å². The molecule has 0 aromatic heterocycles. The summed E-state index contributed by atoms with van der Waals surface area (Å²) in [5.74, 6) is 0.822. The summed E-state index contributed by atoms with van der Waals surface area (Å²) in [5.41, 5.74) is 2.38. The summed E-state index contributed by atoms with van der Waals surface area (Å²) < 4.78 is 0. The molecular weight excluding hydrogens is 286 g/mol. The lowest BCUT2D eigenvalue weighted by Gasteiger charge is -2.03. The topological polar surface area (TPSA) is 23.9 Å². The summed E-state index contributed by atoms with van der Waals surface area (Å²) in [4.78, 5) is 0. The number of rotatable bonds is 4. The SMILES string of the molecule is N=C(C=Cc1ccccc1)SCc1ccc2ccccc2c1. The molecule has 0 saturated heterocycles. The molecule has 0 aliphatic rings.